The van der Waals surface area contributed by atoms with Crippen LogP contribution in [0.1, 0.15) is 77.8 Å². The first-order chi connectivity index (χ1) is 22.1. The molecule has 0 saturated carbocycles. The molecular weight excluding hydrogens is 633 g/mol. The molecule has 1 saturated heterocycles. The molecule has 0 bridgehead atoms. The van der Waals surface area contributed by atoms with Gasteiger partial charge in [-0.3, -0.25) is 19.7 Å². The van der Waals surface area contributed by atoms with Crippen molar-refractivity contribution >= 4 is 41.0 Å². The fourth-order valence-corrected chi connectivity index (χ4v) is 6.73. The first-order valence-corrected chi connectivity index (χ1v) is 17.0. The number of amides is 3. The first-order valence-electron chi connectivity index (χ1n) is 16.3. The number of nitrogens with zero attached hydrogens (tertiary/aromatic N) is 5. The summed E-state index contributed by atoms with van der Waals surface area (Å²) in [5.41, 5.74) is 1.01. The molecular formula is C37H45Cl2N5O3. The van der Waals surface area contributed by atoms with E-state index in [-0.39, 0.29) is 23.3 Å². The number of benzene rings is 2. The predicted molar refractivity (Wildman–Crippen MR) is 188 cm³/mol. The number of hydrogen-bond donors (Lipinski definition) is 0. The summed E-state index contributed by atoms with van der Waals surface area (Å²) in [5, 5.41) is 1.20. The number of aromatic nitrogens is 1. The van der Waals surface area contributed by atoms with Gasteiger partial charge in [0.25, 0.3) is 0 Å². The Morgan fingerprint density at radius 1 is 0.894 bits per heavy atom. The van der Waals surface area contributed by atoms with Crippen molar-refractivity contribution < 1.29 is 14.3 Å². The van der Waals surface area contributed by atoms with Crippen LogP contribution in [0.25, 0.3) is 0 Å². The molecule has 2 atom stereocenters. The molecule has 0 aliphatic carbocycles. The van der Waals surface area contributed by atoms with Crippen LogP contribution in [-0.2, 0) is 21.3 Å². The minimum atomic E-state index is -1.03. The SMILES string of the molecule is CCOc1cc(C(C)(C)C)ncc1C1=N[C@@](C)(c2ccc(Cl)cc2)[C@@](C)(c2ccc(Cl)cc2)N1C(=O)N1CCN(C(=O)C(C)C)CC1. The van der Waals surface area contributed by atoms with E-state index in [4.69, 9.17) is 37.9 Å². The lowest BCUT2D eigenvalue weighted by Gasteiger charge is -2.47. The Morgan fingerprint density at radius 2 is 1.43 bits per heavy atom. The zero-order valence-electron chi connectivity index (χ0n) is 28.6. The Hall–Kier alpha value is -3.62. The Labute approximate surface area is 288 Å². The Balaban J connectivity index is 1.73. The van der Waals surface area contributed by atoms with Crippen LogP contribution in [0.2, 0.25) is 10.0 Å². The van der Waals surface area contributed by atoms with Crippen molar-refractivity contribution in [2.24, 2.45) is 10.9 Å². The van der Waals surface area contributed by atoms with Crippen molar-refractivity contribution in [3.05, 3.63) is 93.2 Å². The molecule has 8 nitrogen and oxygen atoms in total. The smallest absolute Gasteiger partial charge is 0.326 e. The second-order valence-electron chi connectivity index (χ2n) is 13.9. The third-order valence-electron chi connectivity index (χ3n) is 9.47. The van der Waals surface area contributed by atoms with Crippen LogP contribution in [0.3, 0.4) is 0 Å². The van der Waals surface area contributed by atoms with Gasteiger partial charge < -0.3 is 14.5 Å². The first kappa shape index (κ1) is 34.7. The van der Waals surface area contributed by atoms with Gasteiger partial charge in [0.15, 0.2) is 0 Å². The molecule has 47 heavy (non-hydrogen) atoms. The van der Waals surface area contributed by atoms with Gasteiger partial charge in [-0.2, -0.15) is 0 Å². The lowest BCUT2D eigenvalue weighted by molar-refractivity contribution is -0.135. The molecule has 250 valence electrons. The van der Waals surface area contributed by atoms with Crippen molar-refractivity contribution in [1.82, 2.24) is 19.7 Å². The number of ether oxygens (including phenoxy) is 1. The lowest BCUT2D eigenvalue weighted by Crippen LogP contribution is -2.61. The van der Waals surface area contributed by atoms with Gasteiger partial charge in [-0.05, 0) is 56.2 Å². The summed E-state index contributed by atoms with van der Waals surface area (Å²) in [4.78, 5) is 43.7. The van der Waals surface area contributed by atoms with E-state index in [9.17, 15) is 4.79 Å². The predicted octanol–water partition coefficient (Wildman–Crippen LogP) is 7.90. The standard InChI is InChI=1S/C37H45Cl2N5O3/c1-9-47-30-22-31(35(4,5)6)40-23-29(30)32-41-36(7,25-10-14-27(38)15-11-25)37(8,26-12-16-28(39)17-13-26)44(32)34(46)43-20-18-42(19-21-43)33(45)24(2)3/h10-17,22-24H,9,18-21H2,1-8H3/t36-,37+/m0/s1. The average molecular weight is 679 g/mol. The second kappa shape index (κ2) is 13.1. The highest BCUT2D eigenvalue weighted by atomic mass is 35.5. The largest absolute Gasteiger partial charge is 0.493 e. The molecule has 10 heteroatoms. The molecule has 0 N–H and O–H groups in total. The highest BCUT2D eigenvalue weighted by Gasteiger charge is 2.60. The maximum Gasteiger partial charge on any atom is 0.326 e. The zero-order chi connectivity index (χ0) is 34.3. The molecule has 1 aromatic heterocycles. The van der Waals surface area contributed by atoms with Crippen molar-refractivity contribution in [3.63, 3.8) is 0 Å². The minimum absolute atomic E-state index is 0.0909. The van der Waals surface area contributed by atoms with E-state index in [2.05, 4.69) is 34.6 Å². The summed E-state index contributed by atoms with van der Waals surface area (Å²) < 4.78 is 6.25. The fraction of sp³-hybridized carbons (Fsp3) is 0.459. The highest BCUT2D eigenvalue weighted by molar-refractivity contribution is 6.30. The van der Waals surface area contributed by atoms with Crippen LogP contribution in [-0.4, -0.2) is 70.2 Å². The number of hydrogen-bond acceptors (Lipinski definition) is 5. The van der Waals surface area contributed by atoms with E-state index < -0.39 is 11.1 Å². The summed E-state index contributed by atoms with van der Waals surface area (Å²) in [6, 6.07) is 17.0. The second-order valence-corrected chi connectivity index (χ2v) is 14.8. The van der Waals surface area contributed by atoms with E-state index >= 15 is 4.79 Å². The van der Waals surface area contributed by atoms with Crippen molar-refractivity contribution in [2.75, 3.05) is 32.8 Å². The number of halogens is 2. The van der Waals surface area contributed by atoms with E-state index in [0.29, 0.717) is 60.0 Å². The van der Waals surface area contributed by atoms with Gasteiger partial charge in [0.1, 0.15) is 22.7 Å². The number of amidine groups is 1. The molecule has 0 unspecified atom stereocenters. The summed E-state index contributed by atoms with van der Waals surface area (Å²) in [5.74, 6) is 1.05. The number of carbonyl (C=O) groups excluding carboxylic acids is 2. The lowest BCUT2D eigenvalue weighted by atomic mass is 9.71. The summed E-state index contributed by atoms with van der Waals surface area (Å²) in [6.07, 6.45) is 1.78. The highest BCUT2D eigenvalue weighted by Crippen LogP contribution is 2.54. The number of rotatable bonds is 6. The molecule has 2 aliphatic heterocycles. The maximum atomic E-state index is 15.1. The zero-order valence-corrected chi connectivity index (χ0v) is 30.1. The molecule has 2 aliphatic rings. The van der Waals surface area contributed by atoms with E-state index in [1.165, 1.54) is 0 Å². The Bertz CT molecular complexity index is 1660. The summed E-state index contributed by atoms with van der Waals surface area (Å²) in [7, 11) is 0. The molecule has 5 rings (SSSR count). The van der Waals surface area contributed by atoms with Crippen LogP contribution in [0.4, 0.5) is 4.79 Å². The Kier molecular flexibility index (Phi) is 9.69. The third kappa shape index (κ3) is 6.34. The third-order valence-corrected chi connectivity index (χ3v) is 9.98. The van der Waals surface area contributed by atoms with Crippen molar-refractivity contribution in [2.45, 2.75) is 71.9 Å². The van der Waals surface area contributed by atoms with E-state index in [1.807, 2.05) is 85.2 Å². The molecule has 3 heterocycles. The molecule has 0 radical (unpaired) electrons. The average Bonchev–Trinajstić information content (AvgIpc) is 3.28. The van der Waals surface area contributed by atoms with Gasteiger partial charge in [0.2, 0.25) is 5.91 Å². The van der Waals surface area contributed by atoms with Crippen LogP contribution in [0, 0.1) is 5.92 Å². The molecule has 0 spiro atoms. The molecule has 3 aromatic rings. The molecule has 1 fully saturated rings. The molecule has 3 amide bonds. The number of aliphatic imine (C=N–C) groups is 1. The van der Waals surface area contributed by atoms with Crippen molar-refractivity contribution in [3.8, 4) is 5.75 Å². The quantitative estimate of drug-likeness (QED) is 0.266. The van der Waals surface area contributed by atoms with Gasteiger partial charge in [-0.25, -0.2) is 4.79 Å². The number of carbonyl (C=O) groups is 2. The van der Waals surface area contributed by atoms with E-state index in [0.717, 1.165) is 16.8 Å². The topological polar surface area (TPSA) is 78.3 Å². The normalized spacial score (nSPS) is 21.7. The molecule has 2 aromatic carbocycles. The van der Waals surface area contributed by atoms with E-state index in [1.54, 1.807) is 11.1 Å². The monoisotopic (exact) mass is 677 g/mol. The number of pyridine rings is 1. The van der Waals surface area contributed by atoms with Crippen molar-refractivity contribution in [1.29, 1.82) is 0 Å². The fourth-order valence-electron chi connectivity index (χ4n) is 6.48. The maximum absolute atomic E-state index is 15.1. The van der Waals surface area contributed by atoms with Gasteiger partial charge in [0.05, 0.1) is 12.2 Å². The summed E-state index contributed by atoms with van der Waals surface area (Å²) in [6.45, 7) is 18.3. The van der Waals surface area contributed by atoms with Crippen LogP contribution in [0.15, 0.2) is 65.8 Å². The number of urea groups is 1. The van der Waals surface area contributed by atoms with Gasteiger partial charge in [-0.1, -0.05) is 82.1 Å². The van der Waals surface area contributed by atoms with Gasteiger partial charge >= 0.3 is 6.03 Å². The number of piperazine rings is 1. The minimum Gasteiger partial charge on any atom is -0.493 e. The van der Waals surface area contributed by atoms with Crippen LogP contribution < -0.4 is 4.74 Å². The summed E-state index contributed by atoms with van der Waals surface area (Å²) >= 11 is 12.8. The van der Waals surface area contributed by atoms with Gasteiger partial charge in [-0.15, -0.1) is 0 Å². The van der Waals surface area contributed by atoms with Gasteiger partial charge in [0, 0.05) is 65.5 Å². The van der Waals surface area contributed by atoms with Crippen LogP contribution in [0.5, 0.6) is 5.75 Å². The Morgan fingerprint density at radius 3 is 1.94 bits per heavy atom. The van der Waals surface area contributed by atoms with Crippen LogP contribution >= 0.6 is 23.2 Å².